The van der Waals surface area contributed by atoms with Crippen LogP contribution in [0, 0.1) is 10.1 Å². The van der Waals surface area contributed by atoms with Crippen molar-refractivity contribution in [3.63, 3.8) is 0 Å². The minimum atomic E-state index is -0.405. The zero-order chi connectivity index (χ0) is 15.0. The van der Waals surface area contributed by atoms with Crippen molar-refractivity contribution in [1.29, 1.82) is 0 Å². The standard InChI is InChI=1S/C16H9BrClNO2/c17-15-8-7-12(11-3-1-2-4-13(11)15)14-6-5-10(18)9-16(14)19(20)21/h1-9H. The van der Waals surface area contributed by atoms with E-state index in [9.17, 15) is 10.1 Å². The number of fused-ring (bicyclic) bond motifs is 1. The molecule has 0 spiro atoms. The van der Waals surface area contributed by atoms with Crippen molar-refractivity contribution < 1.29 is 4.92 Å². The molecule has 0 saturated carbocycles. The molecule has 0 atom stereocenters. The van der Waals surface area contributed by atoms with Crippen molar-refractivity contribution in [3.8, 4) is 11.1 Å². The lowest BCUT2D eigenvalue weighted by Crippen LogP contribution is -1.93. The van der Waals surface area contributed by atoms with E-state index in [2.05, 4.69) is 15.9 Å². The van der Waals surface area contributed by atoms with Gasteiger partial charge in [-0.2, -0.15) is 0 Å². The number of benzene rings is 3. The van der Waals surface area contributed by atoms with Crippen molar-refractivity contribution in [3.05, 3.63) is 74.2 Å². The van der Waals surface area contributed by atoms with E-state index in [-0.39, 0.29) is 5.69 Å². The Hall–Kier alpha value is -1.91. The third-order valence-electron chi connectivity index (χ3n) is 3.32. The maximum absolute atomic E-state index is 11.3. The van der Waals surface area contributed by atoms with E-state index in [0.29, 0.717) is 10.6 Å². The van der Waals surface area contributed by atoms with Crippen LogP contribution in [0.5, 0.6) is 0 Å². The number of halogens is 2. The van der Waals surface area contributed by atoms with E-state index in [1.165, 1.54) is 6.07 Å². The van der Waals surface area contributed by atoms with Gasteiger partial charge in [-0.1, -0.05) is 57.9 Å². The molecule has 0 aliphatic carbocycles. The Morgan fingerprint density at radius 1 is 0.952 bits per heavy atom. The summed E-state index contributed by atoms with van der Waals surface area (Å²) in [6.45, 7) is 0. The van der Waals surface area contributed by atoms with Gasteiger partial charge in [0.25, 0.3) is 5.69 Å². The van der Waals surface area contributed by atoms with Crippen LogP contribution in [0.1, 0.15) is 0 Å². The molecule has 21 heavy (non-hydrogen) atoms. The van der Waals surface area contributed by atoms with Gasteiger partial charge in [0.15, 0.2) is 0 Å². The molecule has 0 heterocycles. The average molecular weight is 363 g/mol. The summed E-state index contributed by atoms with van der Waals surface area (Å²) in [6.07, 6.45) is 0. The number of nitro groups is 1. The Morgan fingerprint density at radius 2 is 1.62 bits per heavy atom. The van der Waals surface area contributed by atoms with Crippen LogP contribution in [0.15, 0.2) is 59.1 Å². The van der Waals surface area contributed by atoms with Crippen LogP contribution >= 0.6 is 27.5 Å². The van der Waals surface area contributed by atoms with Gasteiger partial charge in [0.1, 0.15) is 0 Å². The SMILES string of the molecule is O=[N+]([O-])c1cc(Cl)ccc1-c1ccc(Br)c2ccccc12. The van der Waals surface area contributed by atoms with Gasteiger partial charge < -0.3 is 0 Å². The summed E-state index contributed by atoms with van der Waals surface area (Å²) in [5, 5.41) is 13.6. The molecule has 3 aromatic carbocycles. The van der Waals surface area contributed by atoms with Gasteiger partial charge in [0.05, 0.1) is 10.5 Å². The largest absolute Gasteiger partial charge is 0.278 e. The van der Waals surface area contributed by atoms with Gasteiger partial charge >= 0.3 is 0 Å². The van der Waals surface area contributed by atoms with E-state index in [1.54, 1.807) is 12.1 Å². The molecule has 0 fully saturated rings. The molecule has 3 aromatic rings. The minimum Gasteiger partial charge on any atom is -0.258 e. The summed E-state index contributed by atoms with van der Waals surface area (Å²) < 4.78 is 0.957. The molecular formula is C16H9BrClNO2. The number of hydrogen-bond acceptors (Lipinski definition) is 2. The monoisotopic (exact) mass is 361 g/mol. The molecule has 3 rings (SSSR count). The molecule has 0 saturated heterocycles. The smallest absolute Gasteiger partial charge is 0.258 e. The van der Waals surface area contributed by atoms with Crippen molar-refractivity contribution >= 4 is 44.0 Å². The van der Waals surface area contributed by atoms with Crippen LogP contribution in [-0.2, 0) is 0 Å². The fraction of sp³-hybridized carbons (Fsp3) is 0. The fourth-order valence-electron chi connectivity index (χ4n) is 2.38. The molecular weight excluding hydrogens is 354 g/mol. The summed E-state index contributed by atoms with van der Waals surface area (Å²) >= 11 is 9.39. The summed E-state index contributed by atoms with van der Waals surface area (Å²) in [5.74, 6) is 0. The first kappa shape index (κ1) is 14.0. The van der Waals surface area contributed by atoms with Crippen molar-refractivity contribution in [2.75, 3.05) is 0 Å². The molecule has 0 bridgehead atoms. The predicted octanol–water partition coefficient (Wildman–Crippen LogP) is 5.83. The first-order valence-electron chi connectivity index (χ1n) is 6.19. The fourth-order valence-corrected chi connectivity index (χ4v) is 3.03. The second-order valence-corrected chi connectivity index (χ2v) is 5.85. The molecule has 104 valence electrons. The minimum absolute atomic E-state index is 0.00924. The molecule has 0 N–H and O–H groups in total. The number of nitrogens with zero attached hydrogens (tertiary/aromatic N) is 1. The van der Waals surface area contributed by atoms with Crippen LogP contribution in [-0.4, -0.2) is 4.92 Å². The Bertz CT molecular complexity index is 864. The molecule has 0 aliphatic heterocycles. The van der Waals surface area contributed by atoms with Gasteiger partial charge in [0.2, 0.25) is 0 Å². The van der Waals surface area contributed by atoms with E-state index >= 15 is 0 Å². The molecule has 0 amide bonds. The lowest BCUT2D eigenvalue weighted by atomic mass is 9.97. The Kier molecular flexibility index (Phi) is 3.66. The Labute approximate surface area is 134 Å². The normalized spacial score (nSPS) is 10.8. The van der Waals surface area contributed by atoms with Gasteiger partial charge in [-0.3, -0.25) is 10.1 Å². The first-order chi connectivity index (χ1) is 10.1. The zero-order valence-electron chi connectivity index (χ0n) is 10.7. The van der Waals surface area contributed by atoms with E-state index in [0.717, 1.165) is 20.8 Å². The van der Waals surface area contributed by atoms with E-state index in [1.807, 2.05) is 36.4 Å². The molecule has 5 heteroatoms. The molecule has 3 nitrogen and oxygen atoms in total. The van der Waals surface area contributed by atoms with Gasteiger partial charge in [0, 0.05) is 15.6 Å². The average Bonchev–Trinajstić information content (AvgIpc) is 2.48. The van der Waals surface area contributed by atoms with Gasteiger partial charge in [-0.15, -0.1) is 0 Å². The maximum atomic E-state index is 11.3. The van der Waals surface area contributed by atoms with E-state index < -0.39 is 4.92 Å². The molecule has 0 radical (unpaired) electrons. The zero-order valence-corrected chi connectivity index (χ0v) is 13.1. The number of nitro benzene ring substituents is 1. The van der Waals surface area contributed by atoms with Crippen LogP contribution in [0.25, 0.3) is 21.9 Å². The second kappa shape index (κ2) is 5.47. The Morgan fingerprint density at radius 3 is 2.33 bits per heavy atom. The van der Waals surface area contributed by atoms with Crippen molar-refractivity contribution in [1.82, 2.24) is 0 Å². The van der Waals surface area contributed by atoms with Gasteiger partial charge in [-0.05, 0) is 34.5 Å². The highest BCUT2D eigenvalue weighted by Crippen LogP contribution is 2.38. The number of hydrogen-bond donors (Lipinski definition) is 0. The quantitative estimate of drug-likeness (QED) is 0.425. The van der Waals surface area contributed by atoms with Crippen molar-refractivity contribution in [2.24, 2.45) is 0 Å². The van der Waals surface area contributed by atoms with Crippen molar-refractivity contribution in [2.45, 2.75) is 0 Å². The molecule has 0 aliphatic rings. The van der Waals surface area contributed by atoms with Crippen LogP contribution in [0.2, 0.25) is 5.02 Å². The Balaban J connectivity index is 2.36. The number of rotatable bonds is 2. The van der Waals surface area contributed by atoms with E-state index in [4.69, 9.17) is 11.6 Å². The highest BCUT2D eigenvalue weighted by atomic mass is 79.9. The molecule has 0 aromatic heterocycles. The molecule has 0 unspecified atom stereocenters. The topological polar surface area (TPSA) is 43.1 Å². The third kappa shape index (κ3) is 2.52. The lowest BCUT2D eigenvalue weighted by Gasteiger charge is -2.09. The first-order valence-corrected chi connectivity index (χ1v) is 7.36. The highest BCUT2D eigenvalue weighted by molar-refractivity contribution is 9.10. The summed E-state index contributed by atoms with van der Waals surface area (Å²) in [4.78, 5) is 10.9. The highest BCUT2D eigenvalue weighted by Gasteiger charge is 2.18. The van der Waals surface area contributed by atoms with Crippen LogP contribution in [0.4, 0.5) is 5.69 Å². The maximum Gasteiger partial charge on any atom is 0.278 e. The summed E-state index contributed by atoms with van der Waals surface area (Å²) in [6, 6.07) is 16.3. The summed E-state index contributed by atoms with van der Waals surface area (Å²) in [5.41, 5.74) is 1.39. The lowest BCUT2D eigenvalue weighted by molar-refractivity contribution is -0.384. The predicted molar refractivity (Wildman–Crippen MR) is 88.7 cm³/mol. The summed E-state index contributed by atoms with van der Waals surface area (Å²) in [7, 11) is 0. The van der Waals surface area contributed by atoms with Crippen LogP contribution < -0.4 is 0 Å². The van der Waals surface area contributed by atoms with Gasteiger partial charge in [-0.25, -0.2) is 0 Å². The van der Waals surface area contributed by atoms with Crippen LogP contribution in [0.3, 0.4) is 0 Å². The second-order valence-electron chi connectivity index (χ2n) is 4.56. The third-order valence-corrected chi connectivity index (χ3v) is 4.24.